The van der Waals surface area contributed by atoms with Crippen molar-refractivity contribution in [1.29, 1.82) is 0 Å². The van der Waals surface area contributed by atoms with Crippen molar-refractivity contribution in [2.45, 2.75) is 50.8 Å². The first kappa shape index (κ1) is 26.2. The third-order valence-corrected chi connectivity index (χ3v) is 7.25. The zero-order chi connectivity index (χ0) is 26.2. The van der Waals surface area contributed by atoms with Crippen molar-refractivity contribution in [1.82, 2.24) is 14.8 Å². The van der Waals surface area contributed by atoms with Crippen LogP contribution in [0, 0.1) is 13.8 Å². The first-order valence-corrected chi connectivity index (χ1v) is 13.2. The first-order valence-electron chi connectivity index (χ1n) is 12.3. The second-order valence-corrected chi connectivity index (χ2v) is 9.87. The molecule has 1 heterocycles. The molecule has 4 rings (SSSR count). The number of carbonyl (C=O) groups is 1. The smallest absolute Gasteiger partial charge is 0.242 e. The second-order valence-electron chi connectivity index (χ2n) is 8.80. The van der Waals surface area contributed by atoms with E-state index < -0.39 is 5.25 Å². The molecule has 0 unspecified atom stereocenters. The van der Waals surface area contributed by atoms with E-state index in [-0.39, 0.29) is 12.5 Å². The Morgan fingerprint density at radius 1 is 1.08 bits per heavy atom. The Morgan fingerprint density at radius 2 is 1.84 bits per heavy atom. The molecular formula is C30H32N4O2S. The van der Waals surface area contributed by atoms with E-state index in [0.29, 0.717) is 17.5 Å². The number of benzene rings is 3. The predicted octanol–water partition coefficient (Wildman–Crippen LogP) is 6.69. The summed E-state index contributed by atoms with van der Waals surface area (Å²) in [4.78, 5) is 13.6. The normalized spacial score (nSPS) is 11.6. The molecule has 37 heavy (non-hydrogen) atoms. The maximum atomic E-state index is 13.6. The van der Waals surface area contributed by atoms with E-state index in [1.54, 1.807) is 6.08 Å². The molecule has 0 aliphatic rings. The van der Waals surface area contributed by atoms with Gasteiger partial charge in [0.1, 0.15) is 17.6 Å². The first-order chi connectivity index (χ1) is 18.0. The number of rotatable bonds is 11. The number of amides is 1. The summed E-state index contributed by atoms with van der Waals surface area (Å²) in [5, 5.41) is 12.0. The molecule has 4 aromatic rings. The van der Waals surface area contributed by atoms with E-state index in [0.717, 1.165) is 34.5 Å². The van der Waals surface area contributed by atoms with Gasteiger partial charge in [0.2, 0.25) is 5.91 Å². The number of carbonyl (C=O) groups excluding carboxylic acids is 1. The van der Waals surface area contributed by atoms with Crippen molar-refractivity contribution in [3.05, 3.63) is 114 Å². The molecule has 0 aliphatic carbocycles. The lowest BCUT2D eigenvalue weighted by Gasteiger charge is -2.18. The largest absolute Gasteiger partial charge is 0.486 e. The van der Waals surface area contributed by atoms with Crippen molar-refractivity contribution in [2.75, 3.05) is 5.32 Å². The number of hydrogen-bond acceptors (Lipinski definition) is 5. The van der Waals surface area contributed by atoms with Gasteiger partial charge in [-0.05, 0) is 60.7 Å². The highest BCUT2D eigenvalue weighted by molar-refractivity contribution is 8.00. The molecular weight excluding hydrogens is 480 g/mol. The highest BCUT2D eigenvalue weighted by Crippen LogP contribution is 2.36. The lowest BCUT2D eigenvalue weighted by molar-refractivity contribution is -0.115. The summed E-state index contributed by atoms with van der Waals surface area (Å²) in [7, 11) is 0. The molecule has 0 saturated heterocycles. The van der Waals surface area contributed by atoms with Crippen molar-refractivity contribution in [3.8, 4) is 5.75 Å². The van der Waals surface area contributed by atoms with Crippen LogP contribution in [0.3, 0.4) is 0 Å². The predicted molar refractivity (Wildman–Crippen MR) is 150 cm³/mol. The summed E-state index contributed by atoms with van der Waals surface area (Å²) in [5.41, 5.74) is 5.05. The van der Waals surface area contributed by atoms with E-state index in [2.05, 4.69) is 41.1 Å². The summed E-state index contributed by atoms with van der Waals surface area (Å²) >= 11 is 1.37. The van der Waals surface area contributed by atoms with Gasteiger partial charge in [-0.25, -0.2) is 0 Å². The average Bonchev–Trinajstić information content (AvgIpc) is 3.30. The van der Waals surface area contributed by atoms with Crippen LogP contribution in [0.2, 0.25) is 0 Å². The highest BCUT2D eigenvalue weighted by atomic mass is 32.2. The maximum Gasteiger partial charge on any atom is 0.242 e. The number of hydrogen-bond donors (Lipinski definition) is 1. The van der Waals surface area contributed by atoms with Crippen LogP contribution < -0.4 is 10.1 Å². The highest BCUT2D eigenvalue weighted by Gasteiger charge is 2.26. The van der Waals surface area contributed by atoms with Crippen LogP contribution in [0.25, 0.3) is 0 Å². The lowest BCUT2D eigenvalue weighted by Crippen LogP contribution is -2.20. The second kappa shape index (κ2) is 12.4. The maximum absolute atomic E-state index is 13.6. The minimum atomic E-state index is -0.524. The van der Waals surface area contributed by atoms with Crippen LogP contribution in [-0.2, 0) is 24.4 Å². The number of aromatic nitrogens is 3. The van der Waals surface area contributed by atoms with Crippen molar-refractivity contribution in [3.63, 3.8) is 0 Å². The number of allylic oxidation sites excluding steroid dienone is 1. The Labute approximate surface area is 222 Å². The molecule has 0 aliphatic heterocycles. The lowest BCUT2D eigenvalue weighted by atomic mass is 10.1. The molecule has 6 nitrogen and oxygen atoms in total. The Morgan fingerprint density at radius 3 is 2.54 bits per heavy atom. The average molecular weight is 513 g/mol. The molecule has 3 aromatic carbocycles. The van der Waals surface area contributed by atoms with Crippen molar-refractivity contribution in [2.24, 2.45) is 0 Å². The van der Waals surface area contributed by atoms with E-state index in [9.17, 15) is 4.79 Å². The Balaban J connectivity index is 1.58. The van der Waals surface area contributed by atoms with Crippen LogP contribution in [0.5, 0.6) is 5.75 Å². The molecule has 1 aromatic heterocycles. The molecule has 190 valence electrons. The minimum absolute atomic E-state index is 0.119. The molecule has 0 saturated carbocycles. The summed E-state index contributed by atoms with van der Waals surface area (Å²) < 4.78 is 7.93. The minimum Gasteiger partial charge on any atom is -0.486 e. The van der Waals surface area contributed by atoms with Gasteiger partial charge in [0.05, 0.1) is 0 Å². The fraction of sp³-hybridized carbons (Fsp3) is 0.233. The Kier molecular flexibility index (Phi) is 8.80. The van der Waals surface area contributed by atoms with Gasteiger partial charge in [0.25, 0.3) is 0 Å². The van der Waals surface area contributed by atoms with Gasteiger partial charge in [-0.2, -0.15) is 0 Å². The standard InChI is InChI=1S/C30H32N4O2S/c1-5-18-34-27(20-36-25-16-14-23(6-2)15-17-25)32-33-30(34)37-28(24-10-8-7-9-11-24)29(35)31-26-19-21(3)12-13-22(26)4/h5,7-17,19,28H,1,6,18,20H2,2-4H3,(H,31,35)/t28-/m1/s1. The van der Waals surface area contributed by atoms with Crippen LogP contribution >= 0.6 is 11.8 Å². The zero-order valence-corrected chi connectivity index (χ0v) is 22.3. The van der Waals surface area contributed by atoms with Crippen LogP contribution in [-0.4, -0.2) is 20.7 Å². The Hall–Kier alpha value is -3.84. The third kappa shape index (κ3) is 6.68. The zero-order valence-electron chi connectivity index (χ0n) is 21.5. The van der Waals surface area contributed by atoms with E-state index in [4.69, 9.17) is 4.74 Å². The topological polar surface area (TPSA) is 69.0 Å². The fourth-order valence-electron chi connectivity index (χ4n) is 3.87. The number of nitrogens with zero attached hydrogens (tertiary/aromatic N) is 3. The van der Waals surface area contributed by atoms with Gasteiger partial charge in [0.15, 0.2) is 11.0 Å². The molecule has 1 N–H and O–H groups in total. The van der Waals surface area contributed by atoms with Crippen LogP contribution in [0.4, 0.5) is 5.69 Å². The van der Waals surface area contributed by atoms with Crippen molar-refractivity contribution < 1.29 is 9.53 Å². The Bertz CT molecular complexity index is 1350. The molecule has 0 spiro atoms. The van der Waals surface area contributed by atoms with Gasteiger partial charge in [-0.15, -0.1) is 16.8 Å². The monoisotopic (exact) mass is 512 g/mol. The number of anilines is 1. The number of thioether (sulfide) groups is 1. The molecule has 1 amide bonds. The molecule has 0 fully saturated rings. The quantitative estimate of drug-likeness (QED) is 0.179. The van der Waals surface area contributed by atoms with Gasteiger partial charge < -0.3 is 10.1 Å². The number of ether oxygens (including phenoxy) is 1. The van der Waals surface area contributed by atoms with Crippen LogP contribution in [0.15, 0.2) is 90.6 Å². The molecule has 0 bridgehead atoms. The summed E-state index contributed by atoms with van der Waals surface area (Å²) in [6.45, 7) is 10.8. The van der Waals surface area contributed by atoms with E-state index >= 15 is 0 Å². The van der Waals surface area contributed by atoms with Crippen LogP contribution in [0.1, 0.15) is 40.3 Å². The van der Waals surface area contributed by atoms with E-state index in [1.807, 2.05) is 79.1 Å². The number of nitrogens with one attached hydrogen (secondary N) is 1. The van der Waals surface area contributed by atoms with Gasteiger partial charge in [-0.1, -0.05) is 79.4 Å². The molecule has 1 atom stereocenters. The third-order valence-electron chi connectivity index (χ3n) is 6.02. The fourth-order valence-corrected chi connectivity index (χ4v) is 4.93. The van der Waals surface area contributed by atoms with Gasteiger partial charge in [-0.3, -0.25) is 9.36 Å². The van der Waals surface area contributed by atoms with Gasteiger partial charge >= 0.3 is 0 Å². The summed E-state index contributed by atoms with van der Waals surface area (Å²) in [6, 6.07) is 23.8. The molecule has 7 heteroatoms. The summed E-state index contributed by atoms with van der Waals surface area (Å²) in [6.07, 6.45) is 2.77. The SMILES string of the molecule is C=CCn1c(COc2ccc(CC)cc2)nnc1S[C@@H](C(=O)Nc1cc(C)ccc1C)c1ccccc1. The number of aryl methyl sites for hydroxylation is 3. The van der Waals surface area contributed by atoms with Crippen molar-refractivity contribution >= 4 is 23.4 Å². The van der Waals surface area contributed by atoms with E-state index in [1.165, 1.54) is 17.3 Å². The molecule has 0 radical (unpaired) electrons. The summed E-state index contributed by atoms with van der Waals surface area (Å²) in [5.74, 6) is 1.32. The van der Waals surface area contributed by atoms with Gasteiger partial charge in [0, 0.05) is 12.2 Å².